The Bertz CT molecular complexity index is 1100. The van der Waals surface area contributed by atoms with Gasteiger partial charge in [0.15, 0.2) is 11.5 Å². The topological polar surface area (TPSA) is 171 Å². The average Bonchev–Trinajstić information content (AvgIpc) is 2.68. The molecular formula is C21H20O10. The van der Waals surface area contributed by atoms with Gasteiger partial charge in [-0.2, -0.15) is 0 Å². The van der Waals surface area contributed by atoms with E-state index in [-0.39, 0.29) is 16.9 Å². The number of carbonyl (C=O) groups excluding carboxylic acids is 3. The first kappa shape index (κ1) is 22.1. The van der Waals surface area contributed by atoms with Gasteiger partial charge in [0, 0.05) is 17.2 Å². The van der Waals surface area contributed by atoms with Gasteiger partial charge in [0.1, 0.15) is 17.1 Å². The van der Waals surface area contributed by atoms with E-state index in [0.717, 1.165) is 13.0 Å². The zero-order valence-corrected chi connectivity index (χ0v) is 16.7. The van der Waals surface area contributed by atoms with Gasteiger partial charge in [0.2, 0.25) is 29.1 Å². The summed E-state index contributed by atoms with van der Waals surface area (Å²) in [6, 6.07) is 0.684. The number of aliphatic hydroxyl groups excluding tert-OH is 1. The van der Waals surface area contributed by atoms with Gasteiger partial charge < -0.3 is 35.0 Å². The summed E-state index contributed by atoms with van der Waals surface area (Å²) < 4.78 is 10.2. The normalized spacial score (nSPS) is 28.0. The lowest BCUT2D eigenvalue weighted by molar-refractivity contribution is -0.201. The maximum atomic E-state index is 13.1. The largest absolute Gasteiger partial charge is 0.507 e. The Morgan fingerprint density at radius 3 is 2.45 bits per heavy atom. The fourth-order valence-electron chi connectivity index (χ4n) is 3.42. The van der Waals surface area contributed by atoms with Crippen LogP contribution in [0.5, 0.6) is 17.2 Å². The highest BCUT2D eigenvalue weighted by molar-refractivity contribution is 6.23. The minimum atomic E-state index is -2.71. The summed E-state index contributed by atoms with van der Waals surface area (Å²) in [6.45, 7) is 3.78. The third-order valence-corrected chi connectivity index (χ3v) is 5.21. The molecule has 0 spiro atoms. The number of hydrogen-bond acceptors (Lipinski definition) is 10. The molecular weight excluding hydrogens is 412 g/mol. The maximum absolute atomic E-state index is 13.1. The lowest BCUT2D eigenvalue weighted by Gasteiger charge is -2.43. The smallest absolute Gasteiger partial charge is 0.343 e. The lowest BCUT2D eigenvalue weighted by Crippen LogP contribution is -2.66. The van der Waals surface area contributed by atoms with Crippen molar-refractivity contribution in [1.29, 1.82) is 0 Å². The molecule has 1 aromatic rings. The molecule has 1 aliphatic carbocycles. The summed E-state index contributed by atoms with van der Waals surface area (Å²) in [5.41, 5.74) is -6.41. The molecule has 3 atom stereocenters. The van der Waals surface area contributed by atoms with Crippen LogP contribution >= 0.6 is 0 Å². The number of Topliss-reactive ketones (excluding diaryl/α,β-unsaturated/α-hetero) is 1. The predicted molar refractivity (Wildman–Crippen MR) is 103 cm³/mol. The van der Waals surface area contributed by atoms with Crippen molar-refractivity contribution in [3.05, 3.63) is 52.8 Å². The number of ether oxygens (including phenoxy) is 2. The van der Waals surface area contributed by atoms with Crippen molar-refractivity contribution in [2.75, 3.05) is 0 Å². The Balaban J connectivity index is 2.06. The molecule has 1 aromatic carbocycles. The third kappa shape index (κ3) is 3.16. The second kappa shape index (κ2) is 7.25. The molecule has 3 rings (SSSR count). The van der Waals surface area contributed by atoms with Crippen molar-refractivity contribution in [1.82, 2.24) is 0 Å². The first-order chi connectivity index (χ1) is 14.4. The van der Waals surface area contributed by atoms with E-state index in [0.29, 0.717) is 6.07 Å². The maximum Gasteiger partial charge on any atom is 0.343 e. The molecule has 0 fully saturated rings. The van der Waals surface area contributed by atoms with Crippen LogP contribution in [0.3, 0.4) is 0 Å². The Labute approximate surface area is 176 Å². The van der Waals surface area contributed by atoms with Gasteiger partial charge in [-0.15, -0.1) is 0 Å². The van der Waals surface area contributed by atoms with Crippen LogP contribution in [0.4, 0.5) is 0 Å². The first-order valence-corrected chi connectivity index (χ1v) is 9.08. The molecule has 0 saturated heterocycles. The summed E-state index contributed by atoms with van der Waals surface area (Å²) >= 11 is 0. The number of esters is 1. The minimum Gasteiger partial charge on any atom is -0.507 e. The van der Waals surface area contributed by atoms with Crippen molar-refractivity contribution in [3.63, 3.8) is 0 Å². The number of carbonyl (C=O) groups is 3. The van der Waals surface area contributed by atoms with E-state index >= 15 is 0 Å². The van der Waals surface area contributed by atoms with Crippen LogP contribution < -0.4 is 0 Å². The number of benzene rings is 1. The van der Waals surface area contributed by atoms with E-state index < -0.39 is 57.8 Å². The molecule has 3 unspecified atom stereocenters. The van der Waals surface area contributed by atoms with Crippen LogP contribution in [0.25, 0.3) is 0 Å². The summed E-state index contributed by atoms with van der Waals surface area (Å²) in [6.07, 6.45) is 2.96. The minimum absolute atomic E-state index is 0.0900. The predicted octanol–water partition coefficient (Wildman–Crippen LogP) is 0.645. The molecule has 0 aromatic heterocycles. The Hall–Kier alpha value is -3.63. The highest BCUT2D eigenvalue weighted by atomic mass is 16.6. The van der Waals surface area contributed by atoms with Crippen molar-refractivity contribution in [2.45, 2.75) is 38.3 Å². The molecule has 0 amide bonds. The number of ketones is 2. The van der Waals surface area contributed by atoms with Crippen molar-refractivity contribution in [3.8, 4) is 17.2 Å². The number of aliphatic hydroxyl groups is 2. The number of phenolic OH excluding ortho intramolecular Hbond substituents is 3. The summed E-state index contributed by atoms with van der Waals surface area (Å²) in [5.74, 6) is -5.84. The Morgan fingerprint density at radius 1 is 1.19 bits per heavy atom. The van der Waals surface area contributed by atoms with E-state index in [2.05, 4.69) is 0 Å². The van der Waals surface area contributed by atoms with Crippen LogP contribution in [0.2, 0.25) is 0 Å². The third-order valence-electron chi connectivity index (χ3n) is 5.21. The van der Waals surface area contributed by atoms with Crippen LogP contribution in [-0.4, -0.2) is 60.6 Å². The molecule has 0 bridgehead atoms. The standard InChI is InChI=1S/C21H20O10/c1-4-5-11-6-10-7-14(24)20(3,18(27)21(10,29)19(28)30-11)31-17(26)15-9(2)16(25)13(23)8-12(15)22/h4-8,19,22-23,25,28-29H,1-3H3. The fourth-order valence-corrected chi connectivity index (χ4v) is 3.42. The molecule has 2 aliphatic rings. The van der Waals surface area contributed by atoms with E-state index in [1.807, 2.05) is 0 Å². The van der Waals surface area contributed by atoms with Gasteiger partial charge in [-0.3, -0.25) is 9.59 Å². The number of hydrogen-bond donors (Lipinski definition) is 5. The molecule has 1 aliphatic heterocycles. The van der Waals surface area contributed by atoms with Gasteiger partial charge in [0.05, 0.1) is 0 Å². The highest BCUT2D eigenvalue weighted by Crippen LogP contribution is 2.42. The number of allylic oxidation sites excluding steroid dienone is 2. The van der Waals surface area contributed by atoms with Crippen LogP contribution in [0, 0.1) is 6.92 Å². The van der Waals surface area contributed by atoms with Crippen molar-refractivity contribution >= 4 is 17.5 Å². The quantitative estimate of drug-likeness (QED) is 0.198. The molecule has 0 radical (unpaired) electrons. The highest BCUT2D eigenvalue weighted by Gasteiger charge is 2.63. The molecule has 5 N–H and O–H groups in total. The number of phenols is 3. The molecule has 164 valence electrons. The summed E-state index contributed by atoms with van der Waals surface area (Å²) in [5, 5.41) is 50.6. The second-order valence-corrected chi connectivity index (χ2v) is 7.26. The van der Waals surface area contributed by atoms with Crippen LogP contribution in [0.15, 0.2) is 41.7 Å². The number of rotatable bonds is 3. The molecule has 10 heteroatoms. The molecule has 31 heavy (non-hydrogen) atoms. The van der Waals surface area contributed by atoms with E-state index in [1.54, 1.807) is 13.0 Å². The van der Waals surface area contributed by atoms with Gasteiger partial charge in [-0.1, -0.05) is 6.08 Å². The molecule has 0 saturated carbocycles. The molecule has 1 heterocycles. The van der Waals surface area contributed by atoms with Crippen LogP contribution in [0.1, 0.15) is 29.8 Å². The Morgan fingerprint density at radius 2 is 1.84 bits per heavy atom. The second-order valence-electron chi connectivity index (χ2n) is 7.26. The summed E-state index contributed by atoms with van der Waals surface area (Å²) in [4.78, 5) is 38.6. The zero-order chi connectivity index (χ0) is 23.3. The zero-order valence-electron chi connectivity index (χ0n) is 16.7. The SMILES string of the molecule is CC=CC1=CC2=CC(=O)C(C)(OC(=O)c3c(O)cc(O)c(O)c3C)C(=O)C2(O)C(O)O1. The summed E-state index contributed by atoms with van der Waals surface area (Å²) in [7, 11) is 0. The van der Waals surface area contributed by atoms with Crippen molar-refractivity contribution < 1.29 is 49.4 Å². The molecule has 10 nitrogen and oxygen atoms in total. The van der Waals surface area contributed by atoms with Gasteiger partial charge in [-0.25, -0.2) is 4.79 Å². The van der Waals surface area contributed by atoms with Gasteiger partial charge in [-0.05, 0) is 39.0 Å². The van der Waals surface area contributed by atoms with Crippen molar-refractivity contribution in [2.24, 2.45) is 0 Å². The van der Waals surface area contributed by atoms with Crippen LogP contribution in [-0.2, 0) is 19.1 Å². The number of fused-ring (bicyclic) bond motifs is 1. The fraction of sp³-hybridized carbons (Fsp3) is 0.286. The van der Waals surface area contributed by atoms with E-state index in [4.69, 9.17) is 9.47 Å². The van der Waals surface area contributed by atoms with E-state index in [9.17, 15) is 39.9 Å². The Kier molecular flexibility index (Phi) is 5.16. The van der Waals surface area contributed by atoms with Gasteiger partial charge in [0.25, 0.3) is 0 Å². The monoisotopic (exact) mass is 432 g/mol. The number of aromatic hydroxyl groups is 3. The first-order valence-electron chi connectivity index (χ1n) is 9.08. The van der Waals surface area contributed by atoms with Gasteiger partial charge >= 0.3 is 5.97 Å². The average molecular weight is 432 g/mol. The lowest BCUT2D eigenvalue weighted by atomic mass is 9.72. The van der Waals surface area contributed by atoms with E-state index in [1.165, 1.54) is 19.1 Å².